The van der Waals surface area contributed by atoms with E-state index in [0.717, 1.165) is 5.56 Å². The van der Waals surface area contributed by atoms with Gasteiger partial charge in [0.05, 0.1) is 5.39 Å². The van der Waals surface area contributed by atoms with Crippen molar-refractivity contribution in [1.82, 2.24) is 10.2 Å². The van der Waals surface area contributed by atoms with Gasteiger partial charge in [-0.25, -0.2) is 0 Å². The molecule has 0 aliphatic heterocycles. The Morgan fingerprint density at radius 2 is 1.55 bits per heavy atom. The van der Waals surface area contributed by atoms with Crippen molar-refractivity contribution in [2.24, 2.45) is 0 Å². The molecule has 22 heavy (non-hydrogen) atoms. The molecule has 0 N–H and O–H groups in total. The standard InChI is InChI=1S/C17H10N2O3/c20-15-12-8-4-5-9-14(12)21-10-13(15)17-19-18-16(22-17)11-6-2-1-3-7-11/h1-10H. The number of hydrogen-bond donors (Lipinski definition) is 0. The van der Waals surface area contributed by atoms with E-state index in [-0.39, 0.29) is 16.9 Å². The van der Waals surface area contributed by atoms with Crippen LogP contribution in [0.15, 0.2) is 74.5 Å². The smallest absolute Gasteiger partial charge is 0.255 e. The fraction of sp³-hybridized carbons (Fsp3) is 0. The maximum atomic E-state index is 12.5. The summed E-state index contributed by atoms with van der Waals surface area (Å²) in [5, 5.41) is 8.43. The van der Waals surface area contributed by atoms with Crippen LogP contribution in [0.4, 0.5) is 0 Å². The lowest BCUT2D eigenvalue weighted by Gasteiger charge is -1.98. The van der Waals surface area contributed by atoms with Gasteiger partial charge in [0.2, 0.25) is 11.3 Å². The van der Waals surface area contributed by atoms with Gasteiger partial charge in [0.15, 0.2) is 0 Å². The Kier molecular flexibility index (Phi) is 2.83. The number of nitrogens with zero attached hydrogens (tertiary/aromatic N) is 2. The molecular weight excluding hydrogens is 280 g/mol. The molecule has 0 atom stereocenters. The minimum atomic E-state index is -0.190. The summed E-state index contributed by atoms with van der Waals surface area (Å²) in [5.74, 6) is 0.515. The summed E-state index contributed by atoms with van der Waals surface area (Å²) in [5.41, 5.74) is 1.39. The number of fused-ring (bicyclic) bond motifs is 1. The highest BCUT2D eigenvalue weighted by atomic mass is 16.4. The third kappa shape index (κ3) is 2.00. The summed E-state index contributed by atoms with van der Waals surface area (Å²) in [7, 11) is 0. The average molecular weight is 290 g/mol. The minimum absolute atomic E-state index is 0.151. The molecule has 4 rings (SSSR count). The fourth-order valence-electron chi connectivity index (χ4n) is 2.25. The molecule has 0 amide bonds. The van der Waals surface area contributed by atoms with Crippen LogP contribution in [0.2, 0.25) is 0 Å². The second-order valence-electron chi connectivity index (χ2n) is 4.75. The number of rotatable bonds is 2. The summed E-state index contributed by atoms with van der Waals surface area (Å²) >= 11 is 0. The van der Waals surface area contributed by atoms with Crippen molar-refractivity contribution >= 4 is 11.0 Å². The highest BCUT2D eigenvalue weighted by Gasteiger charge is 2.15. The summed E-state index contributed by atoms with van der Waals surface area (Å²) in [4.78, 5) is 12.5. The van der Waals surface area contributed by atoms with Crippen molar-refractivity contribution in [2.45, 2.75) is 0 Å². The molecule has 0 saturated carbocycles. The molecule has 0 bridgehead atoms. The van der Waals surface area contributed by atoms with E-state index in [9.17, 15) is 4.79 Å². The van der Waals surface area contributed by atoms with Gasteiger partial charge < -0.3 is 8.83 Å². The van der Waals surface area contributed by atoms with E-state index in [4.69, 9.17) is 8.83 Å². The van der Waals surface area contributed by atoms with E-state index in [1.807, 2.05) is 36.4 Å². The van der Waals surface area contributed by atoms with Crippen molar-refractivity contribution in [2.75, 3.05) is 0 Å². The largest absolute Gasteiger partial charge is 0.463 e. The van der Waals surface area contributed by atoms with E-state index < -0.39 is 0 Å². The number of aromatic nitrogens is 2. The maximum absolute atomic E-state index is 12.5. The van der Waals surface area contributed by atoms with Gasteiger partial charge in [-0.3, -0.25) is 4.79 Å². The molecule has 106 valence electrons. The molecule has 0 fully saturated rings. The molecule has 5 nitrogen and oxygen atoms in total. The highest BCUT2D eigenvalue weighted by Crippen LogP contribution is 2.23. The van der Waals surface area contributed by atoms with Crippen LogP contribution in [-0.2, 0) is 0 Å². The van der Waals surface area contributed by atoms with E-state index in [2.05, 4.69) is 10.2 Å². The van der Waals surface area contributed by atoms with Gasteiger partial charge in [-0.15, -0.1) is 10.2 Å². The molecular formula is C17H10N2O3. The second-order valence-corrected chi connectivity index (χ2v) is 4.75. The molecule has 0 saturated heterocycles. The third-order valence-corrected chi connectivity index (χ3v) is 3.36. The van der Waals surface area contributed by atoms with E-state index >= 15 is 0 Å². The lowest BCUT2D eigenvalue weighted by Crippen LogP contribution is -2.04. The topological polar surface area (TPSA) is 69.1 Å². The summed E-state index contributed by atoms with van der Waals surface area (Å²) < 4.78 is 11.1. The molecule has 0 aliphatic carbocycles. The molecule has 2 aromatic heterocycles. The zero-order chi connectivity index (χ0) is 14.9. The molecule has 4 aromatic rings. The van der Waals surface area contributed by atoms with Crippen LogP contribution < -0.4 is 5.43 Å². The quantitative estimate of drug-likeness (QED) is 0.565. The van der Waals surface area contributed by atoms with Crippen molar-refractivity contribution in [3.05, 3.63) is 71.1 Å². The summed E-state index contributed by atoms with van der Waals surface area (Å²) in [6, 6.07) is 16.4. The van der Waals surface area contributed by atoms with Crippen molar-refractivity contribution in [1.29, 1.82) is 0 Å². The van der Waals surface area contributed by atoms with Crippen molar-refractivity contribution in [3.63, 3.8) is 0 Å². The molecule has 5 heteroatoms. The predicted molar refractivity (Wildman–Crippen MR) is 81.2 cm³/mol. The summed E-state index contributed by atoms with van der Waals surface area (Å²) in [6.45, 7) is 0. The molecule has 0 spiro atoms. The van der Waals surface area contributed by atoms with Crippen LogP contribution in [0, 0.1) is 0 Å². The SMILES string of the molecule is O=c1c(-c2nnc(-c3ccccc3)o2)coc2ccccc12. The monoisotopic (exact) mass is 290 g/mol. The first-order chi connectivity index (χ1) is 10.8. The van der Waals surface area contributed by atoms with Crippen LogP contribution in [0.1, 0.15) is 0 Å². The zero-order valence-corrected chi connectivity index (χ0v) is 11.4. The number of hydrogen-bond acceptors (Lipinski definition) is 5. The van der Waals surface area contributed by atoms with Gasteiger partial charge in [-0.1, -0.05) is 30.3 Å². The normalized spacial score (nSPS) is 10.9. The van der Waals surface area contributed by atoms with Crippen molar-refractivity contribution in [3.8, 4) is 22.9 Å². The first-order valence-corrected chi connectivity index (χ1v) is 6.73. The number of benzene rings is 2. The van der Waals surface area contributed by atoms with Crippen LogP contribution in [0.5, 0.6) is 0 Å². The van der Waals surface area contributed by atoms with E-state index in [0.29, 0.717) is 16.9 Å². The molecule has 0 unspecified atom stereocenters. The Labute approximate surface area is 124 Å². The molecule has 0 aliphatic rings. The maximum Gasteiger partial charge on any atom is 0.255 e. The van der Waals surface area contributed by atoms with Gasteiger partial charge in [0.1, 0.15) is 17.4 Å². The minimum Gasteiger partial charge on any atom is -0.463 e. The lowest BCUT2D eigenvalue weighted by molar-refractivity contribution is 0.570. The van der Waals surface area contributed by atoms with Gasteiger partial charge in [-0.05, 0) is 24.3 Å². The first kappa shape index (κ1) is 12.5. The van der Waals surface area contributed by atoms with E-state index in [1.54, 1.807) is 18.2 Å². The van der Waals surface area contributed by atoms with Crippen LogP contribution in [-0.4, -0.2) is 10.2 Å². The van der Waals surface area contributed by atoms with Gasteiger partial charge >= 0.3 is 0 Å². The first-order valence-electron chi connectivity index (χ1n) is 6.73. The van der Waals surface area contributed by atoms with Crippen molar-refractivity contribution < 1.29 is 8.83 Å². The van der Waals surface area contributed by atoms with Crippen LogP contribution >= 0.6 is 0 Å². The Hall–Kier alpha value is -3.21. The predicted octanol–water partition coefficient (Wildman–Crippen LogP) is 3.51. The third-order valence-electron chi connectivity index (χ3n) is 3.36. The molecule has 2 heterocycles. The van der Waals surface area contributed by atoms with Gasteiger partial charge in [-0.2, -0.15) is 0 Å². The number of para-hydroxylation sites is 1. The van der Waals surface area contributed by atoms with E-state index in [1.165, 1.54) is 6.26 Å². The Morgan fingerprint density at radius 3 is 2.41 bits per heavy atom. The Balaban J connectivity index is 1.85. The summed E-state index contributed by atoms with van der Waals surface area (Å²) in [6.07, 6.45) is 1.35. The molecule has 0 radical (unpaired) electrons. The average Bonchev–Trinajstić information content (AvgIpc) is 3.06. The van der Waals surface area contributed by atoms with Gasteiger partial charge in [0.25, 0.3) is 5.89 Å². The fourth-order valence-corrected chi connectivity index (χ4v) is 2.25. The Bertz CT molecular complexity index is 1000. The van der Waals surface area contributed by atoms with Crippen LogP contribution in [0.25, 0.3) is 33.9 Å². The lowest BCUT2D eigenvalue weighted by atomic mass is 10.2. The Morgan fingerprint density at radius 1 is 0.818 bits per heavy atom. The highest BCUT2D eigenvalue weighted by molar-refractivity contribution is 5.79. The van der Waals surface area contributed by atoms with Crippen LogP contribution in [0.3, 0.4) is 0 Å². The second kappa shape index (κ2) is 4.96. The van der Waals surface area contributed by atoms with Gasteiger partial charge in [0, 0.05) is 5.56 Å². The molecule has 2 aromatic carbocycles. The zero-order valence-electron chi connectivity index (χ0n) is 11.4.